The summed E-state index contributed by atoms with van der Waals surface area (Å²) < 4.78 is 16.8. The minimum absolute atomic E-state index is 0.0109. The van der Waals surface area contributed by atoms with Gasteiger partial charge in [0, 0.05) is 28.6 Å². The van der Waals surface area contributed by atoms with Gasteiger partial charge >= 0.3 is 0 Å². The van der Waals surface area contributed by atoms with Crippen molar-refractivity contribution in [3.8, 4) is 11.3 Å². The summed E-state index contributed by atoms with van der Waals surface area (Å²) in [6.07, 6.45) is 8.46. The van der Waals surface area contributed by atoms with Gasteiger partial charge in [0.25, 0.3) is 0 Å². The molecule has 1 aromatic carbocycles. The lowest BCUT2D eigenvalue weighted by molar-refractivity contribution is -0.117. The molecule has 148 valence electrons. The van der Waals surface area contributed by atoms with Gasteiger partial charge in [-0.25, -0.2) is 9.37 Å². The summed E-state index contributed by atoms with van der Waals surface area (Å²) in [5.41, 5.74) is 2.64. The number of carbonyl (C=O) groups excluding carboxylic acids is 1. The molecule has 5 rings (SSSR count). The molecule has 0 radical (unpaired) electrons. The van der Waals surface area contributed by atoms with Gasteiger partial charge in [0.1, 0.15) is 5.82 Å². The third-order valence-electron chi connectivity index (χ3n) is 5.20. The van der Waals surface area contributed by atoms with E-state index < -0.39 is 5.82 Å². The van der Waals surface area contributed by atoms with Crippen molar-refractivity contribution in [2.24, 2.45) is 5.92 Å². The highest BCUT2D eigenvalue weighted by atomic mass is 35.5. The molecule has 0 unspecified atom stereocenters. The predicted molar refractivity (Wildman–Crippen MR) is 108 cm³/mol. The van der Waals surface area contributed by atoms with Crippen molar-refractivity contribution in [1.82, 2.24) is 24.6 Å². The quantitative estimate of drug-likeness (QED) is 0.515. The SMILES string of the molecule is CC(C)c1c(F)c(Cl)c(-c2cn3cc(NC(=O)C4CC4)nc3cn2)c2cn[nH]c12. The monoisotopic (exact) mass is 412 g/mol. The maximum atomic E-state index is 15.1. The van der Waals surface area contributed by atoms with Crippen molar-refractivity contribution < 1.29 is 9.18 Å². The van der Waals surface area contributed by atoms with Crippen molar-refractivity contribution >= 4 is 39.9 Å². The number of anilines is 1. The molecule has 1 aliphatic carbocycles. The Morgan fingerprint density at radius 2 is 2.14 bits per heavy atom. The van der Waals surface area contributed by atoms with Crippen molar-refractivity contribution in [2.75, 3.05) is 5.32 Å². The van der Waals surface area contributed by atoms with Crippen molar-refractivity contribution in [3.63, 3.8) is 0 Å². The third kappa shape index (κ3) is 2.95. The summed E-state index contributed by atoms with van der Waals surface area (Å²) >= 11 is 6.44. The van der Waals surface area contributed by atoms with E-state index >= 15 is 4.39 Å². The normalized spacial score (nSPS) is 14.2. The molecule has 4 aromatic rings. The number of benzene rings is 1. The molecule has 0 saturated heterocycles. The molecular formula is C20H18ClFN6O. The lowest BCUT2D eigenvalue weighted by Crippen LogP contribution is -2.13. The van der Waals surface area contributed by atoms with Gasteiger partial charge in [-0.1, -0.05) is 25.4 Å². The first-order chi connectivity index (χ1) is 13.9. The molecule has 1 amide bonds. The Morgan fingerprint density at radius 1 is 1.34 bits per heavy atom. The Labute approximate surface area is 170 Å². The average Bonchev–Trinajstić information content (AvgIpc) is 3.30. The molecule has 0 aliphatic heterocycles. The van der Waals surface area contributed by atoms with Gasteiger partial charge in [0.15, 0.2) is 11.5 Å². The second kappa shape index (κ2) is 6.52. The van der Waals surface area contributed by atoms with Crippen molar-refractivity contribution in [2.45, 2.75) is 32.6 Å². The molecule has 0 spiro atoms. The maximum Gasteiger partial charge on any atom is 0.228 e. The molecule has 2 N–H and O–H groups in total. The van der Waals surface area contributed by atoms with Crippen LogP contribution >= 0.6 is 11.6 Å². The number of rotatable bonds is 4. The molecule has 7 nitrogen and oxygen atoms in total. The van der Waals surface area contributed by atoms with Gasteiger partial charge in [-0.3, -0.25) is 14.9 Å². The zero-order chi connectivity index (χ0) is 20.3. The van der Waals surface area contributed by atoms with Crippen molar-refractivity contribution in [1.29, 1.82) is 0 Å². The molecule has 0 atom stereocenters. The topological polar surface area (TPSA) is 88.0 Å². The van der Waals surface area contributed by atoms with Crippen molar-refractivity contribution in [3.05, 3.63) is 41.2 Å². The number of H-pyrrole nitrogens is 1. The lowest BCUT2D eigenvalue weighted by atomic mass is 9.96. The number of aromatic nitrogens is 5. The molecule has 29 heavy (non-hydrogen) atoms. The van der Waals surface area contributed by atoms with Gasteiger partial charge in [-0.05, 0) is 18.8 Å². The number of nitrogens with zero attached hydrogens (tertiary/aromatic N) is 4. The predicted octanol–water partition coefficient (Wildman–Crippen LogP) is 4.54. The largest absolute Gasteiger partial charge is 0.309 e. The highest BCUT2D eigenvalue weighted by Crippen LogP contribution is 2.40. The smallest absolute Gasteiger partial charge is 0.228 e. The number of aromatic amines is 1. The van der Waals surface area contributed by atoms with Crippen LogP contribution in [0, 0.1) is 11.7 Å². The van der Waals surface area contributed by atoms with E-state index in [0.717, 1.165) is 12.8 Å². The van der Waals surface area contributed by atoms with Crippen LogP contribution in [0.1, 0.15) is 38.2 Å². The van der Waals surface area contributed by atoms with Gasteiger partial charge in [-0.15, -0.1) is 0 Å². The summed E-state index contributed by atoms with van der Waals surface area (Å²) in [4.78, 5) is 20.8. The fourth-order valence-corrected chi connectivity index (χ4v) is 3.89. The second-order valence-corrected chi connectivity index (χ2v) is 8.04. The lowest BCUT2D eigenvalue weighted by Gasteiger charge is -2.14. The molecule has 3 heterocycles. The van der Waals surface area contributed by atoms with Gasteiger partial charge < -0.3 is 9.72 Å². The number of nitrogens with one attached hydrogen (secondary N) is 2. The van der Waals surface area contributed by atoms with Crippen LogP contribution in [0.4, 0.5) is 10.2 Å². The summed E-state index contributed by atoms with van der Waals surface area (Å²) in [6, 6.07) is 0. The van der Waals surface area contributed by atoms with E-state index in [1.165, 1.54) is 0 Å². The van der Waals surface area contributed by atoms with Crippen LogP contribution < -0.4 is 5.32 Å². The number of carbonyl (C=O) groups is 1. The Hall–Kier alpha value is -3.00. The second-order valence-electron chi connectivity index (χ2n) is 7.66. The molecule has 0 bridgehead atoms. The fourth-order valence-electron chi connectivity index (χ4n) is 3.59. The van der Waals surface area contributed by atoms with Crippen LogP contribution in [-0.2, 0) is 4.79 Å². The number of hydrogen-bond donors (Lipinski definition) is 2. The highest BCUT2D eigenvalue weighted by Gasteiger charge is 2.30. The Balaban J connectivity index is 1.63. The Bertz CT molecular complexity index is 1270. The molecule has 9 heteroatoms. The zero-order valence-electron chi connectivity index (χ0n) is 15.8. The van der Waals surface area contributed by atoms with Crippen LogP contribution in [-0.4, -0.2) is 30.5 Å². The van der Waals surface area contributed by atoms with Crippen LogP contribution in [0.15, 0.2) is 24.8 Å². The van der Waals surface area contributed by atoms with Crippen LogP contribution in [0.5, 0.6) is 0 Å². The van der Waals surface area contributed by atoms with E-state index in [0.29, 0.717) is 39.2 Å². The first-order valence-electron chi connectivity index (χ1n) is 9.44. The minimum Gasteiger partial charge on any atom is -0.309 e. The first kappa shape index (κ1) is 18.1. The zero-order valence-corrected chi connectivity index (χ0v) is 16.6. The van der Waals surface area contributed by atoms with Crippen LogP contribution in [0.25, 0.3) is 27.8 Å². The van der Waals surface area contributed by atoms with Crippen LogP contribution in [0.3, 0.4) is 0 Å². The van der Waals surface area contributed by atoms with E-state index in [1.54, 1.807) is 29.2 Å². The van der Waals surface area contributed by atoms with Gasteiger partial charge in [0.05, 0.1) is 34.8 Å². The van der Waals surface area contributed by atoms with Gasteiger partial charge in [-0.2, -0.15) is 5.10 Å². The maximum absolute atomic E-state index is 15.1. The van der Waals surface area contributed by atoms with E-state index in [4.69, 9.17) is 11.6 Å². The van der Waals surface area contributed by atoms with E-state index in [2.05, 4.69) is 25.5 Å². The van der Waals surface area contributed by atoms with Crippen LogP contribution in [0.2, 0.25) is 5.02 Å². The highest BCUT2D eigenvalue weighted by molar-refractivity contribution is 6.35. The molecule has 1 aliphatic rings. The standard InChI is InChI=1S/C20H18ClFN6O/c1-9(2)15-18(22)17(21)16(11-5-24-27-19(11)15)12-7-28-8-13(25-14(28)6-23-12)26-20(29)10-3-4-10/h5-10H,3-4H2,1-2H3,(H,24,27)(H,26,29). The summed E-state index contributed by atoms with van der Waals surface area (Å²) in [5, 5.41) is 10.5. The van der Waals surface area contributed by atoms with E-state index in [9.17, 15) is 4.79 Å². The Kier molecular flexibility index (Phi) is 4.06. The van der Waals surface area contributed by atoms with E-state index in [1.807, 2.05) is 13.8 Å². The number of halogens is 2. The fraction of sp³-hybridized carbons (Fsp3) is 0.300. The molecule has 1 fully saturated rings. The number of imidazole rings is 1. The number of amides is 1. The summed E-state index contributed by atoms with van der Waals surface area (Å²) in [7, 11) is 0. The minimum atomic E-state index is -0.474. The number of hydrogen-bond acceptors (Lipinski definition) is 4. The summed E-state index contributed by atoms with van der Waals surface area (Å²) in [6.45, 7) is 3.81. The first-order valence-corrected chi connectivity index (χ1v) is 9.81. The molecule has 3 aromatic heterocycles. The molecule has 1 saturated carbocycles. The number of fused-ring (bicyclic) bond motifs is 2. The van der Waals surface area contributed by atoms with Gasteiger partial charge in [0.2, 0.25) is 5.91 Å². The third-order valence-corrected chi connectivity index (χ3v) is 5.56. The summed E-state index contributed by atoms with van der Waals surface area (Å²) in [5.74, 6) is -0.00786. The Morgan fingerprint density at radius 3 is 2.86 bits per heavy atom. The average molecular weight is 413 g/mol. The molecular weight excluding hydrogens is 395 g/mol. The van der Waals surface area contributed by atoms with E-state index in [-0.39, 0.29) is 22.8 Å².